The Kier molecular flexibility index (Phi) is 6.58. The highest BCUT2D eigenvalue weighted by Gasteiger charge is 2.34. The molecule has 1 aromatic carbocycles. The van der Waals surface area contributed by atoms with E-state index in [1.165, 1.54) is 0 Å². The number of ether oxygens (including phenoxy) is 2. The van der Waals surface area contributed by atoms with Gasteiger partial charge in [0.25, 0.3) is 0 Å². The Bertz CT molecular complexity index is 1170. The van der Waals surface area contributed by atoms with Crippen LogP contribution in [0.15, 0.2) is 36.8 Å². The molecular weight excluding hydrogens is 462 g/mol. The Morgan fingerprint density at radius 1 is 1.20 bits per heavy atom. The Labute approximate surface area is 209 Å². The summed E-state index contributed by atoms with van der Waals surface area (Å²) < 4.78 is 25.7. The number of nitrogen functional groups attached to an aromatic ring is 1. The minimum atomic E-state index is -0.621. The van der Waals surface area contributed by atoms with Gasteiger partial charge in [-0.2, -0.15) is 0 Å². The summed E-state index contributed by atoms with van der Waals surface area (Å²) in [5.74, 6) is 3.64. The number of nitrogens with two attached hydrogens (primary N) is 1. The van der Waals surface area contributed by atoms with Crippen LogP contribution in [-0.2, 0) is 15.9 Å². The van der Waals surface area contributed by atoms with Crippen LogP contribution in [-0.4, -0.2) is 74.4 Å². The Balaban J connectivity index is 1.20. The second-order valence-corrected chi connectivity index (χ2v) is 11.7. The highest BCUT2D eigenvalue weighted by Crippen LogP contribution is 2.43. The van der Waals surface area contributed by atoms with Crippen molar-refractivity contribution in [3.63, 3.8) is 0 Å². The maximum absolute atomic E-state index is 11.6. The van der Waals surface area contributed by atoms with E-state index < -0.39 is 11.2 Å². The fraction of sp³-hybridized carbons (Fsp3) is 0.538. The van der Waals surface area contributed by atoms with Gasteiger partial charge in [-0.25, -0.2) is 9.97 Å². The Morgan fingerprint density at radius 3 is 2.86 bits per heavy atom. The third-order valence-electron chi connectivity index (χ3n) is 7.63. The normalized spacial score (nSPS) is 25.7. The topological polar surface area (TPSA) is 101 Å². The molecule has 0 unspecified atom stereocenters. The molecule has 1 saturated carbocycles. The van der Waals surface area contributed by atoms with E-state index in [0.29, 0.717) is 24.4 Å². The average molecular weight is 496 g/mol. The molecule has 4 heterocycles. The molecule has 6 rings (SSSR count). The van der Waals surface area contributed by atoms with Gasteiger partial charge >= 0.3 is 0 Å². The molecule has 8 nitrogen and oxygen atoms in total. The molecule has 1 aliphatic carbocycles. The highest BCUT2D eigenvalue weighted by atomic mass is 32.2. The summed E-state index contributed by atoms with van der Waals surface area (Å²) in [6.07, 6.45) is 8.34. The van der Waals surface area contributed by atoms with Gasteiger partial charge in [0, 0.05) is 44.0 Å². The van der Waals surface area contributed by atoms with Gasteiger partial charge in [0.1, 0.15) is 41.7 Å². The van der Waals surface area contributed by atoms with Gasteiger partial charge in [-0.15, -0.1) is 0 Å². The third kappa shape index (κ3) is 4.87. The van der Waals surface area contributed by atoms with Crippen molar-refractivity contribution in [1.82, 2.24) is 19.4 Å². The van der Waals surface area contributed by atoms with Crippen LogP contribution < -0.4 is 10.5 Å². The molecular formula is C26H33N5O3S. The van der Waals surface area contributed by atoms with Gasteiger partial charge in [0.2, 0.25) is 0 Å². The first-order valence-corrected chi connectivity index (χ1v) is 14.2. The predicted octanol–water partition coefficient (Wildman–Crippen LogP) is 3.25. The van der Waals surface area contributed by atoms with Crippen LogP contribution >= 0.6 is 0 Å². The Morgan fingerprint density at radius 2 is 2.06 bits per heavy atom. The van der Waals surface area contributed by atoms with Gasteiger partial charge in [-0.1, -0.05) is 23.3 Å². The average Bonchev–Trinajstić information content (AvgIpc) is 3.50. The quantitative estimate of drug-likeness (QED) is 0.502. The molecule has 2 aromatic heterocycles. The molecule has 0 bridgehead atoms. The minimum Gasteiger partial charge on any atom is -0.616 e. The molecule has 9 heteroatoms. The van der Waals surface area contributed by atoms with Crippen LogP contribution in [0.4, 0.5) is 5.82 Å². The van der Waals surface area contributed by atoms with Crippen LogP contribution in [0.25, 0.3) is 22.2 Å². The van der Waals surface area contributed by atoms with Crippen molar-refractivity contribution in [2.45, 2.75) is 37.8 Å². The van der Waals surface area contributed by atoms with Crippen LogP contribution in [0.5, 0.6) is 5.75 Å². The molecule has 3 fully saturated rings. The first-order valence-electron chi connectivity index (χ1n) is 12.7. The van der Waals surface area contributed by atoms with Crippen molar-refractivity contribution in [2.75, 3.05) is 50.1 Å². The monoisotopic (exact) mass is 495 g/mol. The fourth-order valence-corrected chi connectivity index (χ4v) is 6.75. The minimum absolute atomic E-state index is 0.184. The lowest BCUT2D eigenvalue weighted by molar-refractivity contribution is 0.0680. The first-order chi connectivity index (χ1) is 17.1. The lowest BCUT2D eigenvalue weighted by Gasteiger charge is -2.40. The van der Waals surface area contributed by atoms with Crippen molar-refractivity contribution in [3.8, 4) is 16.9 Å². The lowest BCUT2D eigenvalue weighted by Crippen LogP contribution is -2.45. The molecule has 2 N–H and O–H groups in total. The van der Waals surface area contributed by atoms with Crippen molar-refractivity contribution in [3.05, 3.63) is 36.8 Å². The number of anilines is 1. The Hall–Kier alpha value is -2.33. The number of benzene rings is 1. The maximum atomic E-state index is 11.6. The van der Waals surface area contributed by atoms with Crippen molar-refractivity contribution in [2.24, 2.45) is 5.92 Å². The molecule has 186 valence electrons. The van der Waals surface area contributed by atoms with E-state index >= 15 is 0 Å². The van der Waals surface area contributed by atoms with E-state index in [0.717, 1.165) is 91.3 Å². The zero-order valence-electron chi connectivity index (χ0n) is 20.0. The molecule has 0 amide bonds. The molecule has 1 atom stereocenters. The van der Waals surface area contributed by atoms with E-state index in [1.54, 1.807) is 6.33 Å². The number of nitrogens with zero attached hydrogens (tertiary/aromatic N) is 4. The fourth-order valence-electron chi connectivity index (χ4n) is 5.62. The molecule has 2 saturated heterocycles. The highest BCUT2D eigenvalue weighted by molar-refractivity contribution is 7.91. The summed E-state index contributed by atoms with van der Waals surface area (Å²) in [5.41, 5.74) is 9.36. The largest absolute Gasteiger partial charge is 0.616 e. The summed E-state index contributed by atoms with van der Waals surface area (Å²) in [4.78, 5) is 11.4. The van der Waals surface area contributed by atoms with Gasteiger partial charge in [0.15, 0.2) is 0 Å². The second-order valence-electron chi connectivity index (χ2n) is 10.0. The zero-order chi connectivity index (χ0) is 23.8. The van der Waals surface area contributed by atoms with Gasteiger partial charge < -0.3 is 24.3 Å². The smallest absolute Gasteiger partial charge is 0.146 e. The zero-order valence-corrected chi connectivity index (χ0v) is 20.8. The number of hydrogen-bond donors (Lipinski definition) is 1. The summed E-state index contributed by atoms with van der Waals surface area (Å²) in [6, 6.07) is 8.58. The number of rotatable bonds is 7. The lowest BCUT2D eigenvalue weighted by atomic mass is 9.79. The van der Waals surface area contributed by atoms with Gasteiger partial charge in [0.05, 0.1) is 11.5 Å². The van der Waals surface area contributed by atoms with E-state index in [4.69, 9.17) is 15.2 Å². The standard InChI is InChI=1S/C26H33N5O3S/c27-25-24-23(19-3-1-4-21(13-19)34-16-22-5-2-8-33-22)15-31(26(24)29-17-28-25)20-11-18(12-20)14-30-6-9-35(32)10-7-30/h1,3-4,13,15,17-18,20,22H,2,5-12,14,16H2,(H2,27,28,29)/t18?,20?,22-/m0/s1. The van der Waals surface area contributed by atoms with Crippen molar-refractivity contribution < 1.29 is 14.0 Å². The van der Waals surface area contributed by atoms with Crippen molar-refractivity contribution in [1.29, 1.82) is 0 Å². The van der Waals surface area contributed by atoms with E-state index in [-0.39, 0.29) is 6.10 Å². The predicted molar refractivity (Wildman–Crippen MR) is 138 cm³/mol. The third-order valence-corrected chi connectivity index (χ3v) is 8.91. The van der Waals surface area contributed by atoms with Crippen molar-refractivity contribution >= 4 is 28.0 Å². The summed E-state index contributed by atoms with van der Waals surface area (Å²) in [7, 11) is 0. The summed E-state index contributed by atoms with van der Waals surface area (Å²) in [5, 5.41) is 0.908. The van der Waals surface area contributed by atoms with E-state index in [1.807, 2.05) is 12.1 Å². The number of hydrogen-bond acceptors (Lipinski definition) is 7. The van der Waals surface area contributed by atoms with E-state index in [9.17, 15) is 4.55 Å². The number of aromatic nitrogens is 3. The second kappa shape index (κ2) is 9.97. The SMILES string of the molecule is Nc1ncnc2c1c(-c1cccc(OC[C@@H]3CCCO3)c1)cn2C1CC(CN2CC[S+]([O-])CC2)C1. The molecule has 35 heavy (non-hydrogen) atoms. The van der Waals surface area contributed by atoms with Crippen LogP contribution in [0, 0.1) is 5.92 Å². The van der Waals surface area contributed by atoms with Crippen LogP contribution in [0.3, 0.4) is 0 Å². The summed E-state index contributed by atoms with van der Waals surface area (Å²) >= 11 is -0.621. The van der Waals surface area contributed by atoms with Crippen LogP contribution in [0.2, 0.25) is 0 Å². The molecule has 3 aliphatic rings. The summed E-state index contributed by atoms with van der Waals surface area (Å²) in [6.45, 7) is 4.42. The van der Waals surface area contributed by atoms with Gasteiger partial charge in [-0.05, 0) is 49.3 Å². The van der Waals surface area contributed by atoms with E-state index in [2.05, 4.69) is 37.8 Å². The number of fused-ring (bicyclic) bond motifs is 1. The maximum Gasteiger partial charge on any atom is 0.146 e. The first kappa shape index (κ1) is 23.1. The van der Waals surface area contributed by atoms with Gasteiger partial charge in [-0.3, -0.25) is 4.90 Å². The molecule has 3 aromatic rings. The molecule has 2 aliphatic heterocycles. The van der Waals surface area contributed by atoms with Crippen LogP contribution in [0.1, 0.15) is 31.7 Å². The molecule has 0 radical (unpaired) electrons. The molecule has 0 spiro atoms.